The summed E-state index contributed by atoms with van der Waals surface area (Å²) in [5.74, 6) is -0.255. The maximum absolute atomic E-state index is 13.4. The Kier molecular flexibility index (Phi) is 4.87. The fourth-order valence-corrected chi connectivity index (χ4v) is 1.82. The highest BCUT2D eigenvalue weighted by molar-refractivity contribution is 5.65. The average Bonchev–Trinajstić information content (AvgIpc) is 2.47. The molecule has 2 heteroatoms. The van der Waals surface area contributed by atoms with Gasteiger partial charge < -0.3 is 4.74 Å². The minimum absolute atomic E-state index is 0.0386. The van der Waals surface area contributed by atoms with Crippen LogP contribution in [0, 0.1) is 0 Å². The van der Waals surface area contributed by atoms with Crippen molar-refractivity contribution in [2.24, 2.45) is 0 Å². The Morgan fingerprint density at radius 3 is 2.26 bits per heavy atom. The normalized spacial score (nSPS) is 11.6. The van der Waals surface area contributed by atoms with E-state index < -0.39 is 0 Å². The topological polar surface area (TPSA) is 9.23 Å². The zero-order valence-corrected chi connectivity index (χ0v) is 11.0. The third kappa shape index (κ3) is 4.04. The summed E-state index contributed by atoms with van der Waals surface area (Å²) < 4.78 is 18.5. The van der Waals surface area contributed by atoms with Gasteiger partial charge in [0.05, 0.1) is 6.61 Å². The highest BCUT2D eigenvalue weighted by Crippen LogP contribution is 2.20. The first-order valence-corrected chi connectivity index (χ1v) is 6.39. The summed E-state index contributed by atoms with van der Waals surface area (Å²) in [5, 5.41) is 0. The van der Waals surface area contributed by atoms with Crippen molar-refractivity contribution in [3.63, 3.8) is 0 Å². The van der Waals surface area contributed by atoms with E-state index in [0.717, 1.165) is 16.7 Å². The van der Waals surface area contributed by atoms with Gasteiger partial charge >= 0.3 is 0 Å². The van der Waals surface area contributed by atoms with Gasteiger partial charge in [0.2, 0.25) is 0 Å². The maximum atomic E-state index is 13.4. The Morgan fingerprint density at radius 1 is 1.00 bits per heavy atom. The van der Waals surface area contributed by atoms with Gasteiger partial charge in [-0.3, -0.25) is 0 Å². The third-order valence-corrected chi connectivity index (χ3v) is 2.79. The number of halogens is 1. The van der Waals surface area contributed by atoms with Crippen LogP contribution in [0.2, 0.25) is 0 Å². The monoisotopic (exact) mass is 256 g/mol. The highest BCUT2D eigenvalue weighted by atomic mass is 19.1. The molecule has 98 valence electrons. The van der Waals surface area contributed by atoms with Crippen LogP contribution in [-0.4, -0.2) is 13.2 Å². The second-order valence-corrected chi connectivity index (χ2v) is 4.22. The SMILES string of the molecule is CCOC/C(F)=C/c1ccc(-c2ccccc2)cc1. The molecule has 0 spiro atoms. The van der Waals surface area contributed by atoms with Crippen LogP contribution in [0.25, 0.3) is 17.2 Å². The molecule has 0 aliphatic rings. The molecule has 19 heavy (non-hydrogen) atoms. The molecule has 2 rings (SSSR count). The van der Waals surface area contributed by atoms with Gasteiger partial charge in [-0.25, -0.2) is 4.39 Å². The van der Waals surface area contributed by atoms with Gasteiger partial charge in [0, 0.05) is 6.61 Å². The van der Waals surface area contributed by atoms with Crippen molar-refractivity contribution in [1.82, 2.24) is 0 Å². The lowest BCUT2D eigenvalue weighted by molar-refractivity contribution is 0.157. The summed E-state index contributed by atoms with van der Waals surface area (Å²) in [6.07, 6.45) is 1.50. The predicted octanol–water partition coefficient (Wildman–Crippen LogP) is 4.70. The lowest BCUT2D eigenvalue weighted by atomic mass is 10.0. The Morgan fingerprint density at radius 2 is 1.63 bits per heavy atom. The molecule has 0 radical (unpaired) electrons. The number of hydrogen-bond acceptors (Lipinski definition) is 1. The van der Waals surface area contributed by atoms with E-state index >= 15 is 0 Å². The van der Waals surface area contributed by atoms with Gasteiger partial charge in [-0.2, -0.15) is 0 Å². The first-order chi connectivity index (χ1) is 9.29. The molecule has 0 saturated carbocycles. The van der Waals surface area contributed by atoms with Crippen molar-refractivity contribution < 1.29 is 9.13 Å². The summed E-state index contributed by atoms with van der Waals surface area (Å²) in [6.45, 7) is 2.41. The molecule has 2 aromatic carbocycles. The van der Waals surface area contributed by atoms with Crippen molar-refractivity contribution in [1.29, 1.82) is 0 Å². The molecule has 2 aromatic rings. The first-order valence-electron chi connectivity index (χ1n) is 6.39. The van der Waals surface area contributed by atoms with Gasteiger partial charge in [-0.05, 0) is 29.7 Å². The van der Waals surface area contributed by atoms with E-state index in [-0.39, 0.29) is 12.4 Å². The Labute approximate surface area is 113 Å². The number of benzene rings is 2. The van der Waals surface area contributed by atoms with Gasteiger partial charge in [0.1, 0.15) is 5.83 Å². The molecule has 0 fully saturated rings. The van der Waals surface area contributed by atoms with E-state index in [1.807, 2.05) is 49.4 Å². The molecule has 0 aromatic heterocycles. The van der Waals surface area contributed by atoms with Crippen molar-refractivity contribution in [2.75, 3.05) is 13.2 Å². The lowest BCUT2D eigenvalue weighted by Gasteiger charge is -2.02. The fourth-order valence-electron chi connectivity index (χ4n) is 1.82. The second kappa shape index (κ2) is 6.86. The van der Waals surface area contributed by atoms with Gasteiger partial charge in [0.15, 0.2) is 0 Å². The van der Waals surface area contributed by atoms with E-state index in [4.69, 9.17) is 4.74 Å². The Bertz CT molecular complexity index is 529. The highest BCUT2D eigenvalue weighted by Gasteiger charge is 1.98. The molecule has 0 saturated heterocycles. The molecule has 0 amide bonds. The van der Waals surface area contributed by atoms with Crippen LogP contribution in [0.1, 0.15) is 12.5 Å². The quantitative estimate of drug-likeness (QED) is 0.753. The van der Waals surface area contributed by atoms with Crippen molar-refractivity contribution >= 4 is 6.08 Å². The molecular formula is C17H17FO. The molecule has 1 nitrogen and oxygen atoms in total. The largest absolute Gasteiger partial charge is 0.375 e. The summed E-state index contributed by atoms with van der Waals surface area (Å²) in [5.41, 5.74) is 3.13. The molecule has 0 N–H and O–H groups in total. The first kappa shape index (κ1) is 13.5. The minimum atomic E-state index is -0.255. The van der Waals surface area contributed by atoms with Crippen LogP contribution in [0.15, 0.2) is 60.4 Å². The van der Waals surface area contributed by atoms with Crippen LogP contribution in [-0.2, 0) is 4.74 Å². The van der Waals surface area contributed by atoms with Crippen LogP contribution in [0.4, 0.5) is 4.39 Å². The van der Waals surface area contributed by atoms with Crippen LogP contribution < -0.4 is 0 Å². The van der Waals surface area contributed by atoms with E-state index in [9.17, 15) is 4.39 Å². The Balaban J connectivity index is 2.11. The molecule has 0 aliphatic heterocycles. The van der Waals surface area contributed by atoms with Gasteiger partial charge in [-0.1, -0.05) is 54.6 Å². The summed E-state index contributed by atoms with van der Waals surface area (Å²) in [4.78, 5) is 0. The predicted molar refractivity (Wildman–Crippen MR) is 77.5 cm³/mol. The average molecular weight is 256 g/mol. The summed E-state index contributed by atoms with van der Waals surface area (Å²) in [7, 11) is 0. The molecule has 0 bridgehead atoms. The fraction of sp³-hybridized carbons (Fsp3) is 0.176. The van der Waals surface area contributed by atoms with Crippen molar-refractivity contribution in [2.45, 2.75) is 6.92 Å². The van der Waals surface area contributed by atoms with E-state index in [1.54, 1.807) is 0 Å². The van der Waals surface area contributed by atoms with Crippen LogP contribution >= 0.6 is 0 Å². The second-order valence-electron chi connectivity index (χ2n) is 4.22. The van der Waals surface area contributed by atoms with Gasteiger partial charge in [-0.15, -0.1) is 0 Å². The number of ether oxygens (including phenoxy) is 1. The minimum Gasteiger partial charge on any atom is -0.375 e. The van der Waals surface area contributed by atoms with Crippen LogP contribution in [0.3, 0.4) is 0 Å². The zero-order chi connectivity index (χ0) is 13.5. The van der Waals surface area contributed by atoms with E-state index in [0.29, 0.717) is 6.61 Å². The van der Waals surface area contributed by atoms with Crippen LogP contribution in [0.5, 0.6) is 0 Å². The molecular weight excluding hydrogens is 239 g/mol. The maximum Gasteiger partial charge on any atom is 0.126 e. The van der Waals surface area contributed by atoms with Gasteiger partial charge in [0.25, 0.3) is 0 Å². The van der Waals surface area contributed by atoms with Crippen molar-refractivity contribution in [3.05, 3.63) is 66.0 Å². The van der Waals surface area contributed by atoms with E-state index in [1.165, 1.54) is 6.08 Å². The Hall–Kier alpha value is -1.93. The summed E-state index contributed by atoms with van der Waals surface area (Å²) >= 11 is 0. The summed E-state index contributed by atoms with van der Waals surface area (Å²) in [6, 6.07) is 17.9. The molecule has 0 aliphatic carbocycles. The zero-order valence-electron chi connectivity index (χ0n) is 11.0. The number of rotatable bonds is 5. The standard InChI is InChI=1S/C17H17FO/c1-2-19-13-17(18)12-14-8-10-16(11-9-14)15-6-4-3-5-7-15/h3-12H,2,13H2,1H3/b17-12-. The third-order valence-electron chi connectivity index (χ3n) is 2.79. The molecule has 0 unspecified atom stereocenters. The smallest absolute Gasteiger partial charge is 0.126 e. The lowest BCUT2D eigenvalue weighted by Crippen LogP contribution is -1.93. The molecule has 0 atom stereocenters. The van der Waals surface area contributed by atoms with E-state index in [2.05, 4.69) is 12.1 Å². The van der Waals surface area contributed by atoms with Crippen molar-refractivity contribution in [3.8, 4) is 11.1 Å². The molecule has 0 heterocycles. The number of hydrogen-bond donors (Lipinski definition) is 0.